The third-order valence-corrected chi connectivity index (χ3v) is 11.4. The van der Waals surface area contributed by atoms with Gasteiger partial charge in [0.1, 0.15) is 0 Å². The third-order valence-electron chi connectivity index (χ3n) is 9.18. The molecule has 1 aliphatic carbocycles. The van der Waals surface area contributed by atoms with Gasteiger partial charge in [0.05, 0.1) is 0 Å². The van der Waals surface area contributed by atoms with Gasteiger partial charge in [0, 0.05) is 31.7 Å². The second-order valence-electron chi connectivity index (χ2n) is 12.2. The van der Waals surface area contributed by atoms with Gasteiger partial charge in [-0.25, -0.2) is 0 Å². The predicted molar refractivity (Wildman–Crippen MR) is 191 cm³/mol. The van der Waals surface area contributed by atoms with Gasteiger partial charge in [-0.15, -0.1) is 11.3 Å². The molecule has 246 valence electrons. The lowest BCUT2D eigenvalue weighted by molar-refractivity contribution is -0.254. The number of hydrogen-bond acceptors (Lipinski definition) is 2. The molecule has 1 aliphatic rings. The van der Waals surface area contributed by atoms with Crippen LogP contribution in [0.2, 0.25) is 0 Å². The van der Waals surface area contributed by atoms with E-state index in [0.717, 1.165) is 44.7 Å². The zero-order chi connectivity index (χ0) is 34.6. The Morgan fingerprint density at radius 3 is 1.35 bits per heavy atom. The Labute approximate surface area is 289 Å². The summed E-state index contributed by atoms with van der Waals surface area (Å²) in [5.74, 6) is -16.4. The second-order valence-corrected chi connectivity index (χ2v) is 14.8. The van der Waals surface area contributed by atoms with Gasteiger partial charge < -0.3 is 0 Å². The van der Waals surface area contributed by atoms with Crippen LogP contribution in [-0.2, 0) is 0 Å². The van der Waals surface area contributed by atoms with Crippen molar-refractivity contribution in [2.24, 2.45) is 0 Å². The monoisotopic (exact) mass is 698 g/mol. The van der Waals surface area contributed by atoms with Crippen LogP contribution in [0.5, 0.6) is 0 Å². The minimum absolute atomic E-state index is 0.257. The Morgan fingerprint density at radius 1 is 0.510 bits per heavy atom. The predicted octanol–water partition coefficient (Wildman–Crippen LogP) is 9.95. The molecule has 0 nitrogen and oxygen atoms in total. The summed E-state index contributed by atoms with van der Waals surface area (Å²) >= 11 is 2.30. The first-order valence-corrected chi connectivity index (χ1v) is 17.4. The zero-order valence-electron chi connectivity index (χ0n) is 26.4. The highest BCUT2D eigenvalue weighted by Gasteiger charge is 2.80. The number of thiophene rings is 2. The molecular weight excluding hydrogens is 669 g/mol. The van der Waals surface area contributed by atoms with E-state index in [1.54, 1.807) is 0 Å². The quantitative estimate of drug-likeness (QED) is 0.110. The largest absolute Gasteiger partial charge is 0.380 e. The minimum atomic E-state index is -5.65. The first-order chi connectivity index (χ1) is 23.4. The number of alkyl halides is 6. The van der Waals surface area contributed by atoms with Gasteiger partial charge in [-0.05, 0) is 53.0 Å². The Bertz CT molecular complexity index is 1890. The summed E-state index contributed by atoms with van der Waals surface area (Å²) in [4.78, 5) is 1.10. The van der Waals surface area contributed by atoms with Crippen LogP contribution >= 0.6 is 22.7 Å². The smallest absolute Gasteiger partial charge is 0.194 e. The van der Waals surface area contributed by atoms with E-state index >= 15 is 26.3 Å². The number of allylic oxidation sites excluding steroid dienone is 2. The van der Waals surface area contributed by atoms with Crippen LogP contribution in [0.1, 0.15) is 42.8 Å². The highest BCUT2D eigenvalue weighted by atomic mass is 32.1. The molecule has 0 bridgehead atoms. The summed E-state index contributed by atoms with van der Waals surface area (Å²) in [5, 5.41) is 0. The number of rotatable bonds is 8. The van der Waals surface area contributed by atoms with E-state index in [4.69, 9.17) is 0 Å². The van der Waals surface area contributed by atoms with Crippen LogP contribution < -0.4 is 15.7 Å². The average molecular weight is 699 g/mol. The normalized spacial score (nSPS) is 16.3. The van der Waals surface area contributed by atoms with Crippen molar-refractivity contribution in [3.63, 3.8) is 0 Å². The fourth-order valence-electron chi connectivity index (χ4n) is 6.85. The summed E-state index contributed by atoms with van der Waals surface area (Å²) in [7, 11) is 0. The van der Waals surface area contributed by atoms with Crippen molar-refractivity contribution in [1.29, 1.82) is 0 Å². The Hall–Kier alpha value is -4.34. The summed E-state index contributed by atoms with van der Waals surface area (Å²) in [6.45, 7) is 2.63. The van der Waals surface area contributed by atoms with Crippen LogP contribution in [-0.4, -0.2) is 24.5 Å². The van der Waals surface area contributed by atoms with Crippen molar-refractivity contribution in [1.82, 2.24) is 0 Å². The maximum absolute atomic E-state index is 16.1. The lowest BCUT2D eigenvalue weighted by atomic mass is 9.40. The fourth-order valence-corrected chi connectivity index (χ4v) is 9.23. The molecule has 2 aromatic heterocycles. The summed E-state index contributed by atoms with van der Waals surface area (Å²) in [5.41, 5.74) is 0.224. The Morgan fingerprint density at radius 2 is 0.898 bits per heavy atom. The molecule has 9 heteroatoms. The lowest BCUT2D eigenvalue weighted by Crippen LogP contribution is -2.50. The zero-order valence-corrected chi connectivity index (χ0v) is 28.1. The number of hydrogen-bond donors (Lipinski definition) is 0. The van der Waals surface area contributed by atoms with Crippen LogP contribution in [0.3, 0.4) is 0 Å². The van der Waals surface area contributed by atoms with E-state index in [1.165, 1.54) is 26.0 Å². The Kier molecular flexibility index (Phi) is 8.48. The summed E-state index contributed by atoms with van der Waals surface area (Å²) in [6, 6.07) is 40.3. The molecular formula is C40H29BF6S2. The number of halogens is 6. The van der Waals surface area contributed by atoms with Crippen molar-refractivity contribution in [3.05, 3.63) is 170 Å². The molecule has 0 saturated heterocycles. The topological polar surface area (TPSA) is 0 Å². The maximum Gasteiger partial charge on any atom is 0.380 e. The lowest BCUT2D eigenvalue weighted by Gasteiger charge is -2.25. The molecule has 0 radical (unpaired) electrons. The highest BCUT2D eigenvalue weighted by molar-refractivity contribution is 7.27. The first kappa shape index (κ1) is 33.2. The van der Waals surface area contributed by atoms with Gasteiger partial charge in [-0.2, -0.15) is 37.7 Å². The number of benzene rings is 4. The molecule has 0 fully saturated rings. The molecule has 4 aromatic carbocycles. The summed E-state index contributed by atoms with van der Waals surface area (Å²) < 4.78 is 95.9. The van der Waals surface area contributed by atoms with Gasteiger partial charge in [-0.3, -0.25) is 0 Å². The molecule has 0 N–H and O–H groups in total. The minimum Gasteiger partial charge on any atom is -0.194 e. The van der Waals surface area contributed by atoms with E-state index in [9.17, 15) is 0 Å². The van der Waals surface area contributed by atoms with E-state index < -0.39 is 41.5 Å². The van der Waals surface area contributed by atoms with E-state index in [1.807, 2.05) is 121 Å². The standard InChI is InChI=1S/C40H29BF6S2/c1-25-31(23-33(48-25)35(27-15-7-3-8-16-27)28-17-9-4-10-18-28)36-37(39(44,45)40(46,47)38(36,42)43)32-24-34(49-26(32)2)41(29-19-11-5-12-20-29)30-21-13-6-14-22-30/h3-24,35H,1-2H3. The molecule has 0 spiro atoms. The second kappa shape index (κ2) is 12.5. The molecule has 2 heterocycles. The molecule has 49 heavy (non-hydrogen) atoms. The Balaban J connectivity index is 1.45. The van der Waals surface area contributed by atoms with Crippen LogP contribution in [0, 0.1) is 13.8 Å². The van der Waals surface area contributed by atoms with Gasteiger partial charge >= 0.3 is 17.8 Å². The third kappa shape index (κ3) is 5.47. The van der Waals surface area contributed by atoms with Gasteiger partial charge in [0.25, 0.3) is 6.71 Å². The van der Waals surface area contributed by atoms with Crippen LogP contribution in [0.25, 0.3) is 11.1 Å². The molecule has 0 saturated carbocycles. The van der Waals surface area contributed by atoms with Crippen molar-refractivity contribution >= 4 is 56.2 Å². The molecule has 0 atom stereocenters. The molecule has 0 aliphatic heterocycles. The average Bonchev–Trinajstić information content (AvgIpc) is 3.68. The van der Waals surface area contributed by atoms with Crippen molar-refractivity contribution in [2.45, 2.75) is 37.5 Å². The molecule has 7 rings (SSSR count). The van der Waals surface area contributed by atoms with E-state index in [0.29, 0.717) is 9.65 Å². The highest BCUT2D eigenvalue weighted by Crippen LogP contribution is 2.65. The van der Waals surface area contributed by atoms with Crippen molar-refractivity contribution < 1.29 is 26.3 Å². The van der Waals surface area contributed by atoms with E-state index in [-0.39, 0.29) is 20.9 Å². The van der Waals surface area contributed by atoms with Crippen molar-refractivity contribution in [2.75, 3.05) is 0 Å². The van der Waals surface area contributed by atoms with Crippen LogP contribution in [0.15, 0.2) is 133 Å². The molecule has 0 unspecified atom stereocenters. The fraction of sp³-hybridized carbons (Fsp3) is 0.150. The van der Waals surface area contributed by atoms with Crippen molar-refractivity contribution in [3.8, 4) is 0 Å². The number of aryl methyl sites for hydroxylation is 2. The van der Waals surface area contributed by atoms with Gasteiger partial charge in [0.15, 0.2) is 0 Å². The molecule has 6 aromatic rings. The SMILES string of the molecule is Cc1sc(B(c2ccccc2)c2ccccc2)cc1C1=C(c2cc(C(c3ccccc3)c3ccccc3)sc2C)C(F)(F)C(F)(F)C1(F)F. The van der Waals surface area contributed by atoms with Gasteiger partial charge in [-0.1, -0.05) is 132 Å². The first-order valence-electron chi connectivity index (χ1n) is 15.7. The maximum atomic E-state index is 16.1. The molecule has 0 amide bonds. The summed E-state index contributed by atoms with van der Waals surface area (Å²) in [6.07, 6.45) is 0. The van der Waals surface area contributed by atoms with Crippen LogP contribution in [0.4, 0.5) is 26.3 Å². The van der Waals surface area contributed by atoms with Gasteiger partial charge in [0.2, 0.25) is 0 Å². The van der Waals surface area contributed by atoms with E-state index in [2.05, 4.69) is 0 Å².